The smallest absolute Gasteiger partial charge is 0.257 e. The highest BCUT2D eigenvalue weighted by Gasteiger charge is 2.33. The van der Waals surface area contributed by atoms with Crippen molar-refractivity contribution in [3.63, 3.8) is 0 Å². The molecule has 36 heavy (non-hydrogen) atoms. The minimum Gasteiger partial charge on any atom is -0.389 e. The van der Waals surface area contributed by atoms with Gasteiger partial charge in [0.15, 0.2) is 23.1 Å². The maximum atomic E-state index is 15.1. The number of fused-ring (bicyclic) bond motifs is 1. The van der Waals surface area contributed by atoms with E-state index < -0.39 is 46.6 Å². The van der Waals surface area contributed by atoms with Crippen LogP contribution in [0.4, 0.5) is 19.0 Å². The van der Waals surface area contributed by atoms with Gasteiger partial charge >= 0.3 is 0 Å². The summed E-state index contributed by atoms with van der Waals surface area (Å²) in [5.74, 6) is -3.73. The molecule has 2 aliphatic rings. The van der Waals surface area contributed by atoms with Crippen molar-refractivity contribution in [1.82, 2.24) is 14.9 Å². The summed E-state index contributed by atoms with van der Waals surface area (Å²) in [4.78, 5) is 31.8. The molecule has 2 aromatic heterocycles. The van der Waals surface area contributed by atoms with Crippen LogP contribution in [-0.2, 0) is 0 Å². The van der Waals surface area contributed by atoms with Crippen molar-refractivity contribution in [1.29, 1.82) is 0 Å². The first-order chi connectivity index (χ1) is 17.0. The first kappa shape index (κ1) is 24.5. The molecule has 3 N–H and O–H groups in total. The quantitative estimate of drug-likeness (QED) is 0.475. The van der Waals surface area contributed by atoms with Crippen LogP contribution in [0.1, 0.15) is 30.1 Å². The fourth-order valence-electron chi connectivity index (χ4n) is 4.47. The number of rotatable bonds is 5. The third-order valence-electron chi connectivity index (χ3n) is 6.63. The number of nitrogens with zero attached hydrogens (tertiary/aromatic N) is 3. The van der Waals surface area contributed by atoms with E-state index >= 15 is 4.39 Å². The largest absolute Gasteiger partial charge is 0.389 e. The number of nitrogens with one attached hydrogen (secondary N) is 1. The maximum Gasteiger partial charge on any atom is 0.257 e. The van der Waals surface area contributed by atoms with Crippen molar-refractivity contribution in [3.05, 3.63) is 62.7 Å². The lowest BCUT2D eigenvalue weighted by atomic mass is 10.1. The van der Waals surface area contributed by atoms with Gasteiger partial charge in [0.25, 0.3) is 5.91 Å². The number of benzene rings is 1. The Labute approximate surface area is 207 Å². The summed E-state index contributed by atoms with van der Waals surface area (Å²) in [6, 6.07) is 2.09. The summed E-state index contributed by atoms with van der Waals surface area (Å²) >= 11 is 6.15. The van der Waals surface area contributed by atoms with Crippen LogP contribution in [0.2, 0.25) is 5.02 Å². The second-order valence-corrected chi connectivity index (χ2v) is 9.67. The number of aromatic nitrogens is 2. The summed E-state index contributed by atoms with van der Waals surface area (Å²) in [7, 11) is 0. The zero-order valence-electron chi connectivity index (χ0n) is 19.0. The van der Waals surface area contributed by atoms with Crippen molar-refractivity contribution < 1.29 is 28.2 Å². The second kappa shape index (κ2) is 9.06. The Morgan fingerprint density at radius 3 is 2.42 bits per heavy atom. The van der Waals surface area contributed by atoms with Crippen LogP contribution in [0, 0.1) is 23.4 Å². The molecule has 1 aliphatic heterocycles. The van der Waals surface area contributed by atoms with Gasteiger partial charge in [0.1, 0.15) is 17.1 Å². The molecule has 1 saturated carbocycles. The SMILES string of the molecule is CC(NC(=O)c1cn(-c2c(F)cc(F)cc2Cl)c2nc(N3C[C@@H](O)[C@H](O)C3)c(F)cc2c1=O)C1CC1. The molecule has 3 heterocycles. The number of β-amino-alcohol motifs (C(OH)–C–C–N with tert-alkyl or cyclic N) is 2. The zero-order valence-corrected chi connectivity index (χ0v) is 19.8. The fraction of sp³-hybridized carbons (Fsp3) is 0.375. The molecule has 1 aromatic carbocycles. The molecule has 5 rings (SSSR count). The van der Waals surface area contributed by atoms with E-state index in [0.29, 0.717) is 6.07 Å². The lowest BCUT2D eigenvalue weighted by Crippen LogP contribution is -2.37. The van der Waals surface area contributed by atoms with E-state index in [9.17, 15) is 28.6 Å². The van der Waals surface area contributed by atoms with Gasteiger partial charge in [-0.1, -0.05) is 11.6 Å². The summed E-state index contributed by atoms with van der Waals surface area (Å²) in [6.45, 7) is 1.54. The predicted molar refractivity (Wildman–Crippen MR) is 126 cm³/mol. The molecule has 1 saturated heterocycles. The molecular formula is C24H22ClF3N4O4. The summed E-state index contributed by atoms with van der Waals surface area (Å²) in [6.07, 6.45) is 0.638. The van der Waals surface area contributed by atoms with Crippen molar-refractivity contribution in [2.75, 3.05) is 18.0 Å². The fourth-order valence-corrected chi connectivity index (χ4v) is 4.76. The van der Waals surface area contributed by atoms with Gasteiger partial charge in [0, 0.05) is 31.4 Å². The lowest BCUT2D eigenvalue weighted by molar-refractivity contribution is 0.0572. The lowest BCUT2D eigenvalue weighted by Gasteiger charge is -2.20. The minimum atomic E-state index is -1.15. The Morgan fingerprint density at radius 1 is 1.14 bits per heavy atom. The van der Waals surface area contributed by atoms with Crippen molar-refractivity contribution in [3.8, 4) is 5.69 Å². The first-order valence-electron chi connectivity index (χ1n) is 11.4. The van der Waals surface area contributed by atoms with E-state index in [2.05, 4.69) is 10.3 Å². The van der Waals surface area contributed by atoms with Crippen LogP contribution in [-0.4, -0.2) is 57.0 Å². The molecule has 0 bridgehead atoms. The number of hydrogen-bond donors (Lipinski definition) is 3. The highest BCUT2D eigenvalue weighted by atomic mass is 35.5. The number of amides is 1. The van der Waals surface area contributed by atoms with Crippen LogP contribution < -0.4 is 15.6 Å². The highest BCUT2D eigenvalue weighted by molar-refractivity contribution is 6.32. The Kier molecular flexibility index (Phi) is 6.17. The summed E-state index contributed by atoms with van der Waals surface area (Å²) in [5.41, 5.74) is -1.86. The molecule has 2 fully saturated rings. The van der Waals surface area contributed by atoms with Gasteiger partial charge in [0.05, 0.1) is 22.6 Å². The number of carbonyl (C=O) groups is 1. The molecule has 8 nitrogen and oxygen atoms in total. The predicted octanol–water partition coefficient (Wildman–Crippen LogP) is 2.53. The second-order valence-electron chi connectivity index (χ2n) is 9.26. The number of anilines is 1. The molecule has 0 spiro atoms. The third kappa shape index (κ3) is 4.31. The van der Waals surface area contributed by atoms with Gasteiger partial charge in [0.2, 0.25) is 5.43 Å². The summed E-state index contributed by atoms with van der Waals surface area (Å²) in [5, 5.41) is 21.8. The van der Waals surface area contributed by atoms with E-state index in [0.717, 1.165) is 35.7 Å². The molecule has 190 valence electrons. The Bertz CT molecular complexity index is 1410. The molecule has 0 radical (unpaired) electrons. The molecule has 12 heteroatoms. The van der Waals surface area contributed by atoms with E-state index in [4.69, 9.17) is 11.6 Å². The average molecular weight is 523 g/mol. The van der Waals surface area contributed by atoms with Gasteiger partial charge in [-0.3, -0.25) is 14.2 Å². The number of aliphatic hydroxyl groups is 2. The van der Waals surface area contributed by atoms with Gasteiger partial charge in [-0.05, 0) is 37.8 Å². The molecule has 3 atom stereocenters. The number of carbonyl (C=O) groups excluding carboxylic acids is 1. The van der Waals surface area contributed by atoms with E-state index in [-0.39, 0.29) is 52.6 Å². The van der Waals surface area contributed by atoms with Crippen LogP contribution in [0.5, 0.6) is 0 Å². The topological polar surface area (TPSA) is 108 Å². The van der Waals surface area contributed by atoms with Crippen LogP contribution in [0.25, 0.3) is 16.7 Å². The van der Waals surface area contributed by atoms with E-state index in [1.807, 2.05) is 0 Å². The molecule has 1 unspecified atom stereocenters. The van der Waals surface area contributed by atoms with Crippen molar-refractivity contribution in [2.45, 2.75) is 38.0 Å². The number of hydrogen-bond acceptors (Lipinski definition) is 6. The van der Waals surface area contributed by atoms with Gasteiger partial charge in [-0.2, -0.15) is 0 Å². The van der Waals surface area contributed by atoms with Crippen LogP contribution >= 0.6 is 11.6 Å². The van der Waals surface area contributed by atoms with E-state index in [1.165, 1.54) is 4.90 Å². The van der Waals surface area contributed by atoms with E-state index in [1.54, 1.807) is 6.92 Å². The van der Waals surface area contributed by atoms with Gasteiger partial charge in [-0.15, -0.1) is 0 Å². The Balaban J connectivity index is 1.74. The zero-order chi connectivity index (χ0) is 25.9. The van der Waals surface area contributed by atoms with Crippen molar-refractivity contribution >= 4 is 34.4 Å². The normalized spacial score (nSPS) is 20.7. The van der Waals surface area contributed by atoms with Gasteiger partial charge < -0.3 is 20.4 Å². The summed E-state index contributed by atoms with van der Waals surface area (Å²) < 4.78 is 44.9. The monoisotopic (exact) mass is 522 g/mol. The van der Waals surface area contributed by atoms with Crippen LogP contribution in [0.15, 0.2) is 29.2 Å². The molecule has 1 aliphatic carbocycles. The number of aliphatic hydroxyl groups excluding tert-OH is 2. The molecule has 1 amide bonds. The maximum absolute atomic E-state index is 15.1. The first-order valence-corrected chi connectivity index (χ1v) is 11.8. The number of pyridine rings is 2. The minimum absolute atomic E-state index is 0.133. The average Bonchev–Trinajstić information content (AvgIpc) is 3.59. The Morgan fingerprint density at radius 2 is 1.81 bits per heavy atom. The van der Waals surface area contributed by atoms with Crippen molar-refractivity contribution in [2.24, 2.45) is 5.92 Å². The molecular weight excluding hydrogens is 501 g/mol. The Hall–Kier alpha value is -3.15. The molecule has 3 aromatic rings. The van der Waals surface area contributed by atoms with Gasteiger partial charge in [-0.25, -0.2) is 18.2 Å². The third-order valence-corrected chi connectivity index (χ3v) is 6.91. The number of halogens is 4. The van der Waals surface area contributed by atoms with Crippen LogP contribution in [0.3, 0.4) is 0 Å². The highest BCUT2D eigenvalue weighted by Crippen LogP contribution is 2.33. The standard InChI is InChI=1S/C24H22ClF3N4O4/c1-10(11-2-3-11)29-24(36)14-7-32(20-15(25)4-12(26)5-16(20)27)22-13(21(14)35)6-17(28)23(30-22)31-8-18(33)19(34)9-31/h4-7,10-11,18-19,33-34H,2-3,8-9H2,1H3,(H,29,36)/t10?,18-,19-/m1/s1.